The molecule has 3 heterocycles. The molecule has 0 bridgehead atoms. The van der Waals surface area contributed by atoms with E-state index in [2.05, 4.69) is 22.4 Å². The Labute approximate surface area is 180 Å². The highest BCUT2D eigenvalue weighted by atomic mass is 32.2. The molecule has 0 radical (unpaired) electrons. The smallest absolute Gasteiger partial charge is 0.259 e. The summed E-state index contributed by atoms with van der Waals surface area (Å²) in [7, 11) is 0. The third-order valence-corrected chi connectivity index (χ3v) is 7.17. The van der Waals surface area contributed by atoms with E-state index in [1.807, 2.05) is 47.0 Å². The van der Waals surface area contributed by atoms with Gasteiger partial charge >= 0.3 is 0 Å². The van der Waals surface area contributed by atoms with E-state index in [9.17, 15) is 4.79 Å². The number of hydrogen-bond donors (Lipinski definition) is 1. The van der Waals surface area contributed by atoms with Crippen LogP contribution in [0.4, 0.5) is 5.69 Å². The van der Waals surface area contributed by atoms with E-state index in [0.29, 0.717) is 23.2 Å². The molecule has 2 aliphatic rings. The van der Waals surface area contributed by atoms with Crippen LogP contribution < -0.4 is 5.32 Å². The van der Waals surface area contributed by atoms with E-state index in [1.165, 1.54) is 12.8 Å². The first-order chi connectivity index (χ1) is 14.7. The third-order valence-electron chi connectivity index (χ3n) is 6.02. The fraction of sp³-hybridized carbons (Fsp3) is 0.391. The number of aliphatic imine (C=N–C) groups is 1. The highest BCUT2D eigenvalue weighted by molar-refractivity contribution is 8.14. The van der Waals surface area contributed by atoms with E-state index < -0.39 is 0 Å². The molecule has 1 aromatic carbocycles. The van der Waals surface area contributed by atoms with Crippen molar-refractivity contribution in [2.24, 2.45) is 4.99 Å². The van der Waals surface area contributed by atoms with Crippen LogP contribution in [-0.4, -0.2) is 37.3 Å². The molecule has 3 aromatic rings. The highest BCUT2D eigenvalue weighted by Crippen LogP contribution is 2.33. The van der Waals surface area contributed by atoms with Gasteiger partial charge in [0.15, 0.2) is 5.65 Å². The molecular weight excluding hydrogens is 394 g/mol. The molecule has 1 atom stereocenters. The average molecular weight is 420 g/mol. The van der Waals surface area contributed by atoms with Gasteiger partial charge in [-0.15, -0.1) is 22.0 Å². The van der Waals surface area contributed by atoms with Crippen molar-refractivity contribution in [2.75, 3.05) is 11.1 Å². The summed E-state index contributed by atoms with van der Waals surface area (Å²) in [6, 6.07) is 12.0. The summed E-state index contributed by atoms with van der Waals surface area (Å²) in [4.78, 5) is 18.0. The number of hydrogen-bond acceptors (Lipinski definition) is 5. The fourth-order valence-electron chi connectivity index (χ4n) is 4.31. The van der Waals surface area contributed by atoms with Gasteiger partial charge in [0.2, 0.25) is 0 Å². The fourth-order valence-corrected chi connectivity index (χ4v) is 5.53. The molecule has 0 spiro atoms. The molecule has 0 saturated heterocycles. The monoisotopic (exact) mass is 419 g/mol. The Morgan fingerprint density at radius 1 is 1.17 bits per heavy atom. The van der Waals surface area contributed by atoms with Crippen molar-refractivity contribution in [1.82, 2.24) is 14.6 Å². The van der Waals surface area contributed by atoms with Gasteiger partial charge < -0.3 is 5.32 Å². The van der Waals surface area contributed by atoms with Crippen LogP contribution >= 0.6 is 11.8 Å². The minimum Gasteiger partial charge on any atom is -0.321 e. The highest BCUT2D eigenvalue weighted by Gasteiger charge is 2.25. The van der Waals surface area contributed by atoms with Gasteiger partial charge in [-0.1, -0.05) is 38.0 Å². The number of benzene rings is 1. The lowest BCUT2D eigenvalue weighted by atomic mass is 10.1. The van der Waals surface area contributed by atoms with Gasteiger partial charge in [-0.2, -0.15) is 0 Å². The van der Waals surface area contributed by atoms with Crippen molar-refractivity contribution in [3.8, 4) is 0 Å². The van der Waals surface area contributed by atoms with Gasteiger partial charge in [-0.3, -0.25) is 14.2 Å². The molecule has 1 unspecified atom stereocenters. The number of carbonyl (C=O) groups is 1. The van der Waals surface area contributed by atoms with E-state index in [4.69, 9.17) is 4.99 Å². The molecule has 1 saturated carbocycles. The normalized spacial score (nSPS) is 19.4. The Bertz CT molecular complexity index is 1120. The number of anilines is 1. The average Bonchev–Trinajstić information content (AvgIpc) is 3.53. The Morgan fingerprint density at radius 3 is 2.80 bits per heavy atom. The largest absolute Gasteiger partial charge is 0.321 e. The van der Waals surface area contributed by atoms with Crippen LogP contribution in [0.1, 0.15) is 66.7 Å². The zero-order valence-corrected chi connectivity index (χ0v) is 17.9. The second-order valence-corrected chi connectivity index (χ2v) is 8.97. The number of nitrogens with one attached hydrogen (secondary N) is 1. The first kappa shape index (κ1) is 19.3. The van der Waals surface area contributed by atoms with Gasteiger partial charge in [0.25, 0.3) is 5.91 Å². The minimum atomic E-state index is -0.172. The first-order valence-electron chi connectivity index (χ1n) is 10.7. The Morgan fingerprint density at radius 2 is 2.00 bits per heavy atom. The summed E-state index contributed by atoms with van der Waals surface area (Å²) in [5.74, 6) is 2.23. The first-order valence-corrected chi connectivity index (χ1v) is 11.7. The summed E-state index contributed by atoms with van der Waals surface area (Å²) in [6.45, 7) is 2.16. The number of para-hydroxylation sites is 1. The molecule has 1 amide bonds. The molecule has 6 nitrogen and oxygen atoms in total. The van der Waals surface area contributed by atoms with Crippen LogP contribution in [-0.2, 0) is 0 Å². The van der Waals surface area contributed by atoms with Crippen LogP contribution in [0.15, 0.2) is 47.6 Å². The molecule has 5 rings (SSSR count). The number of fused-ring (bicyclic) bond motifs is 1. The molecule has 1 aliphatic carbocycles. The van der Waals surface area contributed by atoms with E-state index in [-0.39, 0.29) is 5.91 Å². The summed E-state index contributed by atoms with van der Waals surface area (Å²) in [6.07, 6.45) is 7.74. The summed E-state index contributed by atoms with van der Waals surface area (Å²) < 4.78 is 1.99. The predicted octanol–water partition coefficient (Wildman–Crippen LogP) is 4.91. The van der Waals surface area contributed by atoms with Gasteiger partial charge in [-0.05, 0) is 37.5 Å². The lowest BCUT2D eigenvalue weighted by Crippen LogP contribution is -2.15. The lowest BCUT2D eigenvalue weighted by Gasteiger charge is -2.11. The molecule has 1 N–H and O–H groups in total. The molecule has 7 heteroatoms. The zero-order valence-electron chi connectivity index (χ0n) is 17.0. The Hall–Kier alpha value is -2.67. The van der Waals surface area contributed by atoms with Crippen molar-refractivity contribution in [3.05, 3.63) is 59.5 Å². The maximum absolute atomic E-state index is 13.2. The van der Waals surface area contributed by atoms with Gasteiger partial charge in [0.1, 0.15) is 10.9 Å². The topological polar surface area (TPSA) is 71.7 Å². The van der Waals surface area contributed by atoms with Crippen LogP contribution in [0.5, 0.6) is 0 Å². The minimum absolute atomic E-state index is 0.172. The summed E-state index contributed by atoms with van der Waals surface area (Å²) in [5, 5.41) is 12.9. The van der Waals surface area contributed by atoms with Crippen LogP contribution in [0.3, 0.4) is 0 Å². The van der Waals surface area contributed by atoms with Gasteiger partial charge in [-0.25, -0.2) is 0 Å². The molecule has 2 aromatic heterocycles. The van der Waals surface area contributed by atoms with Crippen LogP contribution in [0, 0.1) is 0 Å². The quantitative estimate of drug-likeness (QED) is 0.638. The van der Waals surface area contributed by atoms with Crippen molar-refractivity contribution in [1.29, 1.82) is 0 Å². The molecule has 1 fully saturated rings. The molecule has 1 aliphatic heterocycles. The number of rotatable bonds is 5. The standard InChI is InChI=1S/C23H25N5OS/c1-2-16-14-30-23(24-16)17-10-5-6-12-19(17)25-22(29)18-11-7-13-28-20(26-27-21(18)28)15-8-3-4-9-15/h5-7,10-13,15-16H,2-4,8-9,14H2,1H3,(H,25,29). The van der Waals surface area contributed by atoms with E-state index in [0.717, 1.165) is 47.1 Å². The van der Waals surface area contributed by atoms with Gasteiger partial charge in [0, 0.05) is 23.4 Å². The second kappa shape index (κ2) is 8.22. The third kappa shape index (κ3) is 3.51. The molecule has 154 valence electrons. The zero-order chi connectivity index (χ0) is 20.5. The van der Waals surface area contributed by atoms with Crippen molar-refractivity contribution in [2.45, 2.75) is 51.0 Å². The number of pyridine rings is 1. The number of amides is 1. The molecule has 30 heavy (non-hydrogen) atoms. The number of aromatic nitrogens is 3. The summed E-state index contributed by atoms with van der Waals surface area (Å²) >= 11 is 1.76. The maximum Gasteiger partial charge on any atom is 0.259 e. The Kier molecular flexibility index (Phi) is 5.29. The van der Waals surface area contributed by atoms with Crippen LogP contribution in [0.2, 0.25) is 0 Å². The predicted molar refractivity (Wildman–Crippen MR) is 122 cm³/mol. The van der Waals surface area contributed by atoms with E-state index >= 15 is 0 Å². The summed E-state index contributed by atoms with van der Waals surface area (Å²) in [5.41, 5.74) is 2.92. The van der Waals surface area contributed by atoms with Gasteiger partial charge in [0.05, 0.1) is 17.3 Å². The Balaban J connectivity index is 1.45. The maximum atomic E-state index is 13.2. The lowest BCUT2D eigenvalue weighted by molar-refractivity contribution is 0.102. The van der Waals surface area contributed by atoms with Crippen molar-refractivity contribution >= 4 is 34.0 Å². The SMILES string of the molecule is CCC1CSC(c2ccccc2NC(=O)c2cccn3c(C4CCCC4)nnc23)=N1. The van der Waals surface area contributed by atoms with Crippen LogP contribution in [0.25, 0.3) is 5.65 Å². The van der Waals surface area contributed by atoms with Crippen molar-refractivity contribution < 1.29 is 4.79 Å². The molecular formula is C23H25N5OS. The second-order valence-electron chi connectivity index (χ2n) is 7.96. The number of carbonyl (C=O) groups excluding carboxylic acids is 1. The number of thioether (sulfide) groups is 1. The van der Waals surface area contributed by atoms with Crippen molar-refractivity contribution in [3.63, 3.8) is 0 Å². The van der Waals surface area contributed by atoms with E-state index in [1.54, 1.807) is 11.8 Å². The number of nitrogens with zero attached hydrogens (tertiary/aromatic N) is 4.